The Bertz CT molecular complexity index is 261. The summed E-state index contributed by atoms with van der Waals surface area (Å²) in [6.45, 7) is 5.03. The molecule has 0 aromatic heterocycles. The zero-order valence-electron chi connectivity index (χ0n) is 8.92. The number of unbranched alkanes of at least 4 members (excludes halogenated alkanes) is 1. The third kappa shape index (κ3) is 3.04. The number of para-hydroxylation sites is 1. The van der Waals surface area contributed by atoms with Crippen LogP contribution in [0.15, 0.2) is 18.2 Å². The Morgan fingerprint density at radius 3 is 2.36 bits per heavy atom. The number of aliphatic hydroxyl groups is 1. The second-order valence-corrected chi connectivity index (χ2v) is 3.50. The van der Waals surface area contributed by atoms with Gasteiger partial charge in [0.25, 0.3) is 0 Å². The van der Waals surface area contributed by atoms with Gasteiger partial charge in [-0.1, -0.05) is 18.2 Å². The molecular weight excluding hydrogens is 176 g/mol. The number of hydrogen-bond donors (Lipinski definition) is 1. The quantitative estimate of drug-likeness (QED) is 0.729. The van der Waals surface area contributed by atoms with Gasteiger partial charge in [-0.05, 0) is 37.8 Å². The normalized spacial score (nSPS) is 10.2. The largest absolute Gasteiger partial charge is 0.493 e. The molecule has 1 aromatic rings. The molecule has 1 N–H and O–H groups in total. The van der Waals surface area contributed by atoms with E-state index in [0.29, 0.717) is 6.61 Å². The molecule has 2 nitrogen and oxygen atoms in total. The maximum atomic E-state index is 8.62. The fourth-order valence-electron chi connectivity index (χ4n) is 1.41. The van der Waals surface area contributed by atoms with E-state index in [1.807, 2.05) is 32.0 Å². The lowest BCUT2D eigenvalue weighted by Gasteiger charge is -2.11. The van der Waals surface area contributed by atoms with E-state index in [1.165, 1.54) is 11.1 Å². The molecule has 1 aromatic carbocycles. The Labute approximate surface area is 85.5 Å². The lowest BCUT2D eigenvalue weighted by molar-refractivity contribution is 0.252. The van der Waals surface area contributed by atoms with Crippen molar-refractivity contribution in [2.45, 2.75) is 26.7 Å². The van der Waals surface area contributed by atoms with Crippen LogP contribution in [0, 0.1) is 13.8 Å². The fraction of sp³-hybridized carbons (Fsp3) is 0.500. The molecule has 0 saturated carbocycles. The molecule has 0 radical (unpaired) electrons. The number of rotatable bonds is 5. The predicted molar refractivity (Wildman–Crippen MR) is 57.7 cm³/mol. The molecule has 0 unspecified atom stereocenters. The number of benzene rings is 1. The van der Waals surface area contributed by atoms with Gasteiger partial charge >= 0.3 is 0 Å². The Balaban J connectivity index is 2.49. The van der Waals surface area contributed by atoms with Crippen molar-refractivity contribution >= 4 is 0 Å². The number of aliphatic hydroxyl groups excluding tert-OH is 1. The van der Waals surface area contributed by atoms with Crippen molar-refractivity contribution in [2.24, 2.45) is 0 Å². The van der Waals surface area contributed by atoms with Gasteiger partial charge in [-0.2, -0.15) is 0 Å². The van der Waals surface area contributed by atoms with Crippen molar-refractivity contribution in [1.82, 2.24) is 0 Å². The van der Waals surface area contributed by atoms with Crippen LogP contribution in [0.3, 0.4) is 0 Å². The van der Waals surface area contributed by atoms with Gasteiger partial charge in [0.2, 0.25) is 0 Å². The maximum absolute atomic E-state index is 8.62. The standard InChI is InChI=1S/C12H18O2/c1-10-6-5-7-11(2)12(10)14-9-4-3-8-13/h5-7,13H,3-4,8-9H2,1-2H3. The number of aryl methyl sites for hydroxylation is 2. The molecule has 14 heavy (non-hydrogen) atoms. The molecule has 0 fully saturated rings. The molecule has 1 rings (SSSR count). The monoisotopic (exact) mass is 194 g/mol. The number of hydrogen-bond acceptors (Lipinski definition) is 2. The summed E-state index contributed by atoms with van der Waals surface area (Å²) < 4.78 is 5.66. The summed E-state index contributed by atoms with van der Waals surface area (Å²) in [5, 5.41) is 8.62. The maximum Gasteiger partial charge on any atom is 0.125 e. The summed E-state index contributed by atoms with van der Waals surface area (Å²) in [6.07, 6.45) is 1.72. The molecule has 0 spiro atoms. The van der Waals surface area contributed by atoms with Gasteiger partial charge in [0.1, 0.15) is 5.75 Å². The van der Waals surface area contributed by atoms with Crippen molar-refractivity contribution < 1.29 is 9.84 Å². The minimum absolute atomic E-state index is 0.246. The zero-order valence-corrected chi connectivity index (χ0v) is 8.92. The van der Waals surface area contributed by atoms with Gasteiger partial charge in [0, 0.05) is 6.61 Å². The lowest BCUT2D eigenvalue weighted by atomic mass is 10.1. The smallest absolute Gasteiger partial charge is 0.125 e. The highest BCUT2D eigenvalue weighted by atomic mass is 16.5. The van der Waals surface area contributed by atoms with Crippen molar-refractivity contribution in [3.63, 3.8) is 0 Å². The van der Waals surface area contributed by atoms with Crippen molar-refractivity contribution in [2.75, 3.05) is 13.2 Å². The molecule has 0 atom stereocenters. The van der Waals surface area contributed by atoms with Crippen LogP contribution in [0.25, 0.3) is 0 Å². The van der Waals surface area contributed by atoms with Crippen LogP contribution in [0.1, 0.15) is 24.0 Å². The van der Waals surface area contributed by atoms with E-state index >= 15 is 0 Å². The van der Waals surface area contributed by atoms with Crippen LogP contribution in [0.5, 0.6) is 5.75 Å². The van der Waals surface area contributed by atoms with Crippen LogP contribution in [0.2, 0.25) is 0 Å². The topological polar surface area (TPSA) is 29.5 Å². The average molecular weight is 194 g/mol. The Morgan fingerprint density at radius 1 is 1.14 bits per heavy atom. The van der Waals surface area contributed by atoms with E-state index in [4.69, 9.17) is 9.84 Å². The first kappa shape index (κ1) is 11.1. The van der Waals surface area contributed by atoms with E-state index < -0.39 is 0 Å². The Kier molecular flexibility index (Phi) is 4.47. The van der Waals surface area contributed by atoms with Crippen molar-refractivity contribution in [3.05, 3.63) is 29.3 Å². The van der Waals surface area contributed by atoms with Gasteiger partial charge in [-0.15, -0.1) is 0 Å². The van der Waals surface area contributed by atoms with Crippen LogP contribution < -0.4 is 4.74 Å². The van der Waals surface area contributed by atoms with Gasteiger partial charge in [-0.3, -0.25) is 0 Å². The SMILES string of the molecule is Cc1cccc(C)c1OCCCCO. The molecule has 0 aliphatic heterocycles. The molecule has 0 bridgehead atoms. The third-order valence-electron chi connectivity index (χ3n) is 2.21. The lowest BCUT2D eigenvalue weighted by Crippen LogP contribution is -2.01. The van der Waals surface area contributed by atoms with E-state index in [0.717, 1.165) is 18.6 Å². The van der Waals surface area contributed by atoms with E-state index in [-0.39, 0.29) is 6.61 Å². The average Bonchev–Trinajstić information content (AvgIpc) is 2.16. The van der Waals surface area contributed by atoms with E-state index in [2.05, 4.69) is 0 Å². The fourth-order valence-corrected chi connectivity index (χ4v) is 1.41. The molecule has 0 heterocycles. The minimum atomic E-state index is 0.246. The molecule has 0 aliphatic rings. The summed E-state index contributed by atoms with van der Waals surface area (Å²) in [4.78, 5) is 0. The first-order chi connectivity index (χ1) is 6.75. The molecular formula is C12H18O2. The first-order valence-electron chi connectivity index (χ1n) is 5.05. The predicted octanol–water partition coefficient (Wildman–Crippen LogP) is 2.45. The molecule has 2 heteroatoms. The van der Waals surface area contributed by atoms with Gasteiger partial charge in [0.05, 0.1) is 6.61 Å². The summed E-state index contributed by atoms with van der Waals surface area (Å²) in [6, 6.07) is 6.13. The van der Waals surface area contributed by atoms with Crippen LogP contribution >= 0.6 is 0 Å². The van der Waals surface area contributed by atoms with Gasteiger partial charge in [-0.25, -0.2) is 0 Å². The highest BCUT2D eigenvalue weighted by molar-refractivity contribution is 5.39. The van der Waals surface area contributed by atoms with Gasteiger partial charge in [0.15, 0.2) is 0 Å². The van der Waals surface area contributed by atoms with E-state index in [1.54, 1.807) is 0 Å². The third-order valence-corrected chi connectivity index (χ3v) is 2.21. The summed E-state index contributed by atoms with van der Waals surface area (Å²) in [5.74, 6) is 0.991. The molecule has 0 saturated heterocycles. The molecule has 0 aliphatic carbocycles. The summed E-state index contributed by atoms with van der Waals surface area (Å²) in [5.41, 5.74) is 2.35. The van der Waals surface area contributed by atoms with Crippen LogP contribution in [-0.4, -0.2) is 18.3 Å². The molecule has 0 amide bonds. The van der Waals surface area contributed by atoms with Crippen LogP contribution in [-0.2, 0) is 0 Å². The Morgan fingerprint density at radius 2 is 1.79 bits per heavy atom. The Hall–Kier alpha value is -1.02. The van der Waals surface area contributed by atoms with Crippen molar-refractivity contribution in [1.29, 1.82) is 0 Å². The number of ether oxygens (including phenoxy) is 1. The minimum Gasteiger partial charge on any atom is -0.493 e. The summed E-state index contributed by atoms with van der Waals surface area (Å²) >= 11 is 0. The highest BCUT2D eigenvalue weighted by Crippen LogP contribution is 2.22. The van der Waals surface area contributed by atoms with E-state index in [9.17, 15) is 0 Å². The zero-order chi connectivity index (χ0) is 10.4. The second-order valence-electron chi connectivity index (χ2n) is 3.50. The summed E-state index contributed by atoms with van der Waals surface area (Å²) in [7, 11) is 0. The highest BCUT2D eigenvalue weighted by Gasteiger charge is 2.01. The second kappa shape index (κ2) is 5.66. The first-order valence-corrected chi connectivity index (χ1v) is 5.05. The molecule has 78 valence electrons. The van der Waals surface area contributed by atoms with Crippen molar-refractivity contribution in [3.8, 4) is 5.75 Å². The van der Waals surface area contributed by atoms with Gasteiger partial charge < -0.3 is 9.84 Å². The van der Waals surface area contributed by atoms with Crippen LogP contribution in [0.4, 0.5) is 0 Å².